The number of sulfonamides is 1. The summed E-state index contributed by atoms with van der Waals surface area (Å²) in [6.45, 7) is 4.72. The van der Waals surface area contributed by atoms with Gasteiger partial charge in [-0.2, -0.15) is 9.57 Å². The zero-order valence-corrected chi connectivity index (χ0v) is 10.5. The molecular weight excluding hydrogens is 230 g/mol. The van der Waals surface area contributed by atoms with Crippen LogP contribution in [0.25, 0.3) is 0 Å². The molecule has 0 rings (SSSR count). The second kappa shape index (κ2) is 5.82. The van der Waals surface area contributed by atoms with Crippen molar-refractivity contribution in [3.63, 3.8) is 0 Å². The van der Waals surface area contributed by atoms with Gasteiger partial charge in [0.2, 0.25) is 15.9 Å². The van der Waals surface area contributed by atoms with Crippen molar-refractivity contribution < 1.29 is 13.2 Å². The van der Waals surface area contributed by atoms with Gasteiger partial charge in [-0.05, 0) is 12.8 Å². The first-order valence-electron chi connectivity index (χ1n) is 4.88. The molecule has 0 saturated carbocycles. The number of hydrogen-bond acceptors (Lipinski definition) is 4. The van der Waals surface area contributed by atoms with E-state index in [1.807, 2.05) is 13.8 Å². The maximum Gasteiger partial charge on any atom is 0.232 e. The number of hydrogen-bond donors (Lipinski definition) is 1. The molecule has 6 nitrogen and oxygen atoms in total. The molecule has 7 heteroatoms. The van der Waals surface area contributed by atoms with Crippen LogP contribution in [0.15, 0.2) is 0 Å². The lowest BCUT2D eigenvalue weighted by Crippen LogP contribution is -2.43. The first-order chi connectivity index (χ1) is 7.21. The summed E-state index contributed by atoms with van der Waals surface area (Å²) in [4.78, 5) is 10.8. The molecule has 16 heavy (non-hydrogen) atoms. The van der Waals surface area contributed by atoms with E-state index in [1.165, 1.54) is 6.92 Å². The van der Waals surface area contributed by atoms with E-state index in [-0.39, 0.29) is 19.0 Å². The van der Waals surface area contributed by atoms with Crippen molar-refractivity contribution in [1.82, 2.24) is 4.31 Å². The fraction of sp³-hybridized carbons (Fsp3) is 0.778. The van der Waals surface area contributed by atoms with Crippen molar-refractivity contribution >= 4 is 15.9 Å². The molecule has 1 unspecified atom stereocenters. The van der Waals surface area contributed by atoms with Crippen LogP contribution in [0.2, 0.25) is 0 Å². The normalized spacial score (nSPS) is 13.8. The summed E-state index contributed by atoms with van der Waals surface area (Å²) in [6, 6.07) is 1.65. The summed E-state index contributed by atoms with van der Waals surface area (Å²) in [5.41, 5.74) is 4.98. The maximum atomic E-state index is 11.8. The SMILES string of the molecule is CC(C)CN(CC(N)=O)S(=O)(=O)C(C)C#N. The van der Waals surface area contributed by atoms with Gasteiger partial charge in [-0.3, -0.25) is 4.79 Å². The molecule has 0 aliphatic heterocycles. The van der Waals surface area contributed by atoms with Gasteiger partial charge < -0.3 is 5.73 Å². The quantitative estimate of drug-likeness (QED) is 0.694. The molecule has 0 heterocycles. The number of amides is 1. The molecule has 0 bridgehead atoms. The van der Waals surface area contributed by atoms with Gasteiger partial charge >= 0.3 is 0 Å². The Morgan fingerprint density at radius 3 is 2.25 bits per heavy atom. The number of carbonyl (C=O) groups is 1. The van der Waals surface area contributed by atoms with Gasteiger partial charge in [0.1, 0.15) is 0 Å². The van der Waals surface area contributed by atoms with Crippen LogP contribution in [0.4, 0.5) is 0 Å². The van der Waals surface area contributed by atoms with Gasteiger partial charge in [-0.1, -0.05) is 13.8 Å². The highest BCUT2D eigenvalue weighted by atomic mass is 32.2. The highest BCUT2D eigenvalue weighted by Crippen LogP contribution is 2.10. The van der Waals surface area contributed by atoms with E-state index in [9.17, 15) is 13.2 Å². The second-order valence-corrected chi connectivity index (χ2v) is 6.22. The third-order valence-corrected chi connectivity index (χ3v) is 3.89. The van der Waals surface area contributed by atoms with Crippen LogP contribution in [-0.2, 0) is 14.8 Å². The van der Waals surface area contributed by atoms with Gasteiger partial charge in [0.05, 0.1) is 12.6 Å². The predicted molar refractivity (Wildman–Crippen MR) is 59.6 cm³/mol. The third kappa shape index (κ3) is 4.16. The van der Waals surface area contributed by atoms with Gasteiger partial charge in [-0.25, -0.2) is 8.42 Å². The van der Waals surface area contributed by atoms with Crippen molar-refractivity contribution in [2.24, 2.45) is 11.7 Å². The fourth-order valence-electron chi connectivity index (χ4n) is 1.13. The number of nitrogens with zero attached hydrogens (tertiary/aromatic N) is 2. The Labute approximate surface area is 96.1 Å². The Hall–Kier alpha value is -1.13. The average Bonchev–Trinajstić information content (AvgIpc) is 2.13. The zero-order chi connectivity index (χ0) is 12.9. The van der Waals surface area contributed by atoms with E-state index in [0.29, 0.717) is 0 Å². The number of carbonyl (C=O) groups excluding carboxylic acids is 1. The lowest BCUT2D eigenvalue weighted by molar-refractivity contribution is -0.118. The number of primary amides is 1. The van der Waals surface area contributed by atoms with E-state index >= 15 is 0 Å². The highest BCUT2D eigenvalue weighted by Gasteiger charge is 2.30. The summed E-state index contributed by atoms with van der Waals surface area (Å²) in [7, 11) is -3.77. The Balaban J connectivity index is 5.03. The van der Waals surface area contributed by atoms with E-state index in [0.717, 1.165) is 4.31 Å². The largest absolute Gasteiger partial charge is 0.369 e. The second-order valence-electron chi connectivity index (χ2n) is 3.97. The van der Waals surface area contributed by atoms with E-state index in [4.69, 9.17) is 11.0 Å². The Bertz CT molecular complexity index is 383. The third-order valence-electron chi connectivity index (χ3n) is 1.89. The summed E-state index contributed by atoms with van der Waals surface area (Å²) >= 11 is 0. The molecule has 0 aromatic heterocycles. The molecule has 92 valence electrons. The van der Waals surface area contributed by atoms with Crippen LogP contribution in [0.3, 0.4) is 0 Å². The molecule has 0 aliphatic carbocycles. The number of nitriles is 1. The molecule has 0 saturated heterocycles. The van der Waals surface area contributed by atoms with Crippen LogP contribution in [0, 0.1) is 17.2 Å². The molecule has 1 amide bonds. The summed E-state index contributed by atoms with van der Waals surface area (Å²) in [6.07, 6.45) is 0. The van der Waals surface area contributed by atoms with Crippen LogP contribution >= 0.6 is 0 Å². The van der Waals surface area contributed by atoms with Crippen molar-refractivity contribution in [1.29, 1.82) is 5.26 Å². The van der Waals surface area contributed by atoms with E-state index in [2.05, 4.69) is 0 Å². The highest BCUT2D eigenvalue weighted by molar-refractivity contribution is 7.90. The lowest BCUT2D eigenvalue weighted by atomic mass is 10.2. The summed E-state index contributed by atoms with van der Waals surface area (Å²) in [5.74, 6) is -0.672. The maximum absolute atomic E-state index is 11.8. The summed E-state index contributed by atoms with van der Waals surface area (Å²) < 4.78 is 24.6. The topological polar surface area (TPSA) is 104 Å². The zero-order valence-electron chi connectivity index (χ0n) is 9.67. The van der Waals surface area contributed by atoms with Crippen molar-refractivity contribution in [3.05, 3.63) is 0 Å². The van der Waals surface area contributed by atoms with Crippen molar-refractivity contribution in [2.45, 2.75) is 26.0 Å². The van der Waals surface area contributed by atoms with E-state index < -0.39 is 21.2 Å². The van der Waals surface area contributed by atoms with Crippen LogP contribution < -0.4 is 5.73 Å². The molecule has 0 aromatic carbocycles. The Kier molecular flexibility index (Phi) is 5.41. The molecule has 0 radical (unpaired) electrons. The molecule has 0 fully saturated rings. The fourth-order valence-corrected chi connectivity index (χ4v) is 2.52. The smallest absolute Gasteiger partial charge is 0.232 e. The van der Waals surface area contributed by atoms with E-state index in [1.54, 1.807) is 6.07 Å². The molecule has 2 N–H and O–H groups in total. The average molecular weight is 247 g/mol. The van der Waals surface area contributed by atoms with Gasteiger partial charge in [0.15, 0.2) is 5.25 Å². The molecule has 0 spiro atoms. The molecule has 1 atom stereocenters. The predicted octanol–water partition coefficient (Wildman–Crippen LogP) is -0.328. The Morgan fingerprint density at radius 2 is 1.94 bits per heavy atom. The standard InChI is InChI=1S/C9H17N3O3S/c1-7(2)5-12(6-9(11)13)16(14,15)8(3)4-10/h7-8H,5-6H2,1-3H3,(H2,11,13). The number of nitrogens with two attached hydrogens (primary N) is 1. The van der Waals surface area contributed by atoms with Crippen molar-refractivity contribution in [2.75, 3.05) is 13.1 Å². The summed E-state index contributed by atoms with van der Waals surface area (Å²) in [5, 5.41) is 7.44. The lowest BCUT2D eigenvalue weighted by Gasteiger charge is -2.23. The first kappa shape index (κ1) is 14.9. The van der Waals surface area contributed by atoms with Gasteiger partial charge in [0.25, 0.3) is 0 Å². The molecule has 0 aliphatic rings. The molecule has 0 aromatic rings. The monoisotopic (exact) mass is 247 g/mol. The minimum atomic E-state index is -3.77. The van der Waals surface area contributed by atoms with Gasteiger partial charge in [-0.15, -0.1) is 0 Å². The molecular formula is C9H17N3O3S. The van der Waals surface area contributed by atoms with Crippen LogP contribution in [-0.4, -0.2) is 37.0 Å². The van der Waals surface area contributed by atoms with Crippen LogP contribution in [0.5, 0.6) is 0 Å². The number of rotatable bonds is 6. The minimum Gasteiger partial charge on any atom is -0.369 e. The first-order valence-corrected chi connectivity index (χ1v) is 6.39. The van der Waals surface area contributed by atoms with Crippen molar-refractivity contribution in [3.8, 4) is 6.07 Å². The van der Waals surface area contributed by atoms with Crippen LogP contribution in [0.1, 0.15) is 20.8 Å². The minimum absolute atomic E-state index is 0.0556. The van der Waals surface area contributed by atoms with Gasteiger partial charge in [0, 0.05) is 6.54 Å². The Morgan fingerprint density at radius 1 is 1.44 bits per heavy atom.